The van der Waals surface area contributed by atoms with Crippen molar-refractivity contribution in [1.29, 1.82) is 0 Å². The molecule has 4 N–H and O–H groups in total. The van der Waals surface area contributed by atoms with Gasteiger partial charge in [-0.05, 0) is 35.4 Å². The van der Waals surface area contributed by atoms with Gasteiger partial charge >= 0.3 is 0 Å². The Morgan fingerprint density at radius 1 is 1.00 bits per heavy atom. The van der Waals surface area contributed by atoms with Gasteiger partial charge in [-0.15, -0.1) is 0 Å². The van der Waals surface area contributed by atoms with E-state index in [0.29, 0.717) is 11.3 Å². The van der Waals surface area contributed by atoms with Gasteiger partial charge in [-0.2, -0.15) is 0 Å². The van der Waals surface area contributed by atoms with Crippen LogP contribution in [0, 0.1) is 5.82 Å². The Kier molecular flexibility index (Phi) is 7.70. The molecule has 0 unspecified atom stereocenters. The fourth-order valence-electron chi connectivity index (χ4n) is 2.84. The van der Waals surface area contributed by atoms with Gasteiger partial charge in [-0.1, -0.05) is 24.3 Å². The summed E-state index contributed by atoms with van der Waals surface area (Å²) >= 11 is 0. The topological polar surface area (TPSA) is 111 Å². The summed E-state index contributed by atoms with van der Waals surface area (Å²) in [5.74, 6) is -1.46. The average molecular weight is 401 g/mol. The number of carbonyl (C=O) groups is 3. The zero-order chi connectivity index (χ0) is 21.4. The number of methoxy groups -OCH3 is 1. The van der Waals surface area contributed by atoms with Crippen LogP contribution in [0.25, 0.3) is 0 Å². The molecular weight excluding hydrogens is 377 g/mol. The number of nitrogens with two attached hydrogens (primary N) is 1. The SMILES string of the molecule is COc1cccc(C[C@H](NC(=O)[C@@H](Cc2ccc(F)cc2)NC(C)=O)C(N)=O)c1. The molecule has 2 atom stereocenters. The lowest BCUT2D eigenvalue weighted by atomic mass is 10.0. The number of primary amides is 1. The number of ether oxygens (including phenoxy) is 1. The molecule has 3 amide bonds. The molecule has 29 heavy (non-hydrogen) atoms. The van der Waals surface area contributed by atoms with Gasteiger partial charge < -0.3 is 21.1 Å². The second kappa shape index (κ2) is 10.2. The quantitative estimate of drug-likeness (QED) is 0.584. The maximum absolute atomic E-state index is 13.1. The van der Waals surface area contributed by atoms with Crippen molar-refractivity contribution in [2.24, 2.45) is 5.73 Å². The summed E-state index contributed by atoms with van der Waals surface area (Å²) in [6, 6.07) is 10.7. The number of carbonyl (C=O) groups excluding carboxylic acids is 3. The van der Waals surface area contributed by atoms with Gasteiger partial charge in [0.15, 0.2) is 0 Å². The monoisotopic (exact) mass is 401 g/mol. The standard InChI is InChI=1S/C21H24FN3O4/c1-13(26)24-19(11-14-6-8-16(22)9-7-14)21(28)25-18(20(23)27)12-15-4-3-5-17(10-15)29-2/h3-10,18-19H,11-12H2,1-2H3,(H2,23,27)(H,24,26)(H,25,28)/t18-,19+/m0/s1. The molecule has 2 aromatic rings. The average Bonchev–Trinajstić information content (AvgIpc) is 2.68. The Bertz CT molecular complexity index is 870. The van der Waals surface area contributed by atoms with E-state index in [9.17, 15) is 18.8 Å². The highest BCUT2D eigenvalue weighted by molar-refractivity contribution is 5.91. The Morgan fingerprint density at radius 3 is 2.24 bits per heavy atom. The number of benzene rings is 2. The van der Waals surface area contributed by atoms with Crippen LogP contribution >= 0.6 is 0 Å². The van der Waals surface area contributed by atoms with Gasteiger partial charge in [-0.3, -0.25) is 14.4 Å². The molecule has 0 fully saturated rings. The van der Waals surface area contributed by atoms with Gasteiger partial charge in [0, 0.05) is 19.8 Å². The highest BCUT2D eigenvalue weighted by Gasteiger charge is 2.25. The molecule has 154 valence electrons. The molecule has 0 aliphatic carbocycles. The summed E-state index contributed by atoms with van der Waals surface area (Å²) in [6.45, 7) is 1.28. The summed E-state index contributed by atoms with van der Waals surface area (Å²) in [7, 11) is 1.53. The van der Waals surface area contributed by atoms with Crippen molar-refractivity contribution in [1.82, 2.24) is 10.6 Å². The lowest BCUT2D eigenvalue weighted by Gasteiger charge is -2.22. The molecule has 2 rings (SSSR count). The van der Waals surface area contributed by atoms with E-state index >= 15 is 0 Å². The fourth-order valence-corrected chi connectivity index (χ4v) is 2.84. The van der Waals surface area contributed by atoms with Crippen LogP contribution in [0.1, 0.15) is 18.1 Å². The van der Waals surface area contributed by atoms with Crippen molar-refractivity contribution in [3.63, 3.8) is 0 Å². The molecule has 0 aliphatic rings. The smallest absolute Gasteiger partial charge is 0.243 e. The Labute approximate surface area is 168 Å². The van der Waals surface area contributed by atoms with Crippen LogP contribution in [0.2, 0.25) is 0 Å². The number of hydrogen-bond donors (Lipinski definition) is 3. The van der Waals surface area contributed by atoms with E-state index in [4.69, 9.17) is 10.5 Å². The number of nitrogens with one attached hydrogen (secondary N) is 2. The van der Waals surface area contributed by atoms with Gasteiger partial charge in [0.2, 0.25) is 17.7 Å². The van der Waals surface area contributed by atoms with Gasteiger partial charge in [-0.25, -0.2) is 4.39 Å². The van der Waals surface area contributed by atoms with Crippen molar-refractivity contribution < 1.29 is 23.5 Å². The lowest BCUT2D eigenvalue weighted by molar-refractivity contribution is -0.130. The summed E-state index contributed by atoms with van der Waals surface area (Å²) in [6.07, 6.45) is 0.304. The van der Waals surface area contributed by atoms with E-state index in [1.54, 1.807) is 24.3 Å². The second-order valence-corrected chi connectivity index (χ2v) is 6.60. The minimum absolute atomic E-state index is 0.135. The van der Waals surface area contributed by atoms with Crippen LogP contribution in [0.4, 0.5) is 4.39 Å². The number of hydrogen-bond acceptors (Lipinski definition) is 4. The van der Waals surface area contributed by atoms with Crippen molar-refractivity contribution in [2.75, 3.05) is 7.11 Å². The van der Waals surface area contributed by atoms with E-state index in [1.807, 2.05) is 0 Å². The fraction of sp³-hybridized carbons (Fsp3) is 0.286. The zero-order valence-electron chi connectivity index (χ0n) is 16.3. The number of halogens is 1. The predicted octanol–water partition coefficient (Wildman–Crippen LogP) is 1.09. The molecule has 7 nitrogen and oxygen atoms in total. The molecule has 0 aromatic heterocycles. The second-order valence-electron chi connectivity index (χ2n) is 6.60. The first-order valence-corrected chi connectivity index (χ1v) is 9.02. The van der Waals surface area contributed by atoms with E-state index in [2.05, 4.69) is 10.6 Å². The third kappa shape index (κ3) is 6.91. The molecule has 0 radical (unpaired) electrons. The van der Waals surface area contributed by atoms with Crippen molar-refractivity contribution in [3.05, 3.63) is 65.5 Å². The van der Waals surface area contributed by atoms with Gasteiger partial charge in [0.05, 0.1) is 7.11 Å². The third-order valence-electron chi connectivity index (χ3n) is 4.28. The summed E-state index contributed by atoms with van der Waals surface area (Å²) in [5.41, 5.74) is 6.87. The van der Waals surface area contributed by atoms with Crippen molar-refractivity contribution in [3.8, 4) is 5.75 Å². The van der Waals surface area contributed by atoms with Crippen LogP contribution in [-0.4, -0.2) is 36.9 Å². The van der Waals surface area contributed by atoms with Crippen LogP contribution in [0.3, 0.4) is 0 Å². The molecule has 0 saturated heterocycles. The first-order valence-electron chi connectivity index (χ1n) is 9.02. The molecule has 8 heteroatoms. The van der Waals surface area contributed by atoms with Crippen molar-refractivity contribution >= 4 is 17.7 Å². The minimum atomic E-state index is -0.973. The molecule has 2 aromatic carbocycles. The summed E-state index contributed by atoms with van der Waals surface area (Å²) in [5, 5.41) is 5.15. The molecule has 0 heterocycles. The zero-order valence-corrected chi connectivity index (χ0v) is 16.3. The lowest BCUT2D eigenvalue weighted by Crippen LogP contribution is -2.54. The molecule has 0 spiro atoms. The third-order valence-corrected chi connectivity index (χ3v) is 4.28. The van der Waals surface area contributed by atoms with E-state index in [0.717, 1.165) is 5.56 Å². The Hall–Kier alpha value is -3.42. The largest absolute Gasteiger partial charge is 0.497 e. The molecule has 0 bridgehead atoms. The van der Waals surface area contributed by atoms with E-state index in [1.165, 1.54) is 38.3 Å². The van der Waals surface area contributed by atoms with Crippen molar-refractivity contribution in [2.45, 2.75) is 31.8 Å². The highest BCUT2D eigenvalue weighted by Crippen LogP contribution is 2.14. The van der Waals surface area contributed by atoms with E-state index < -0.39 is 35.6 Å². The number of rotatable bonds is 9. The van der Waals surface area contributed by atoms with Gasteiger partial charge in [0.1, 0.15) is 23.7 Å². The van der Waals surface area contributed by atoms with Crippen LogP contribution in [-0.2, 0) is 27.2 Å². The summed E-state index contributed by atoms with van der Waals surface area (Å²) < 4.78 is 18.3. The maximum atomic E-state index is 13.1. The summed E-state index contributed by atoms with van der Waals surface area (Å²) in [4.78, 5) is 36.2. The molecule has 0 saturated carbocycles. The predicted molar refractivity (Wildman–Crippen MR) is 106 cm³/mol. The Balaban J connectivity index is 2.13. The normalized spacial score (nSPS) is 12.5. The molecule has 0 aliphatic heterocycles. The first-order chi connectivity index (χ1) is 13.8. The number of amides is 3. The van der Waals surface area contributed by atoms with Crippen LogP contribution < -0.4 is 21.1 Å². The minimum Gasteiger partial charge on any atom is -0.497 e. The van der Waals surface area contributed by atoms with E-state index in [-0.39, 0.29) is 12.8 Å². The van der Waals surface area contributed by atoms with Gasteiger partial charge in [0.25, 0.3) is 0 Å². The first kappa shape index (κ1) is 21.9. The molecular formula is C21H24FN3O4. The Morgan fingerprint density at radius 2 is 1.66 bits per heavy atom. The van der Waals surface area contributed by atoms with Crippen LogP contribution in [0.5, 0.6) is 5.75 Å². The maximum Gasteiger partial charge on any atom is 0.243 e. The van der Waals surface area contributed by atoms with Crippen LogP contribution in [0.15, 0.2) is 48.5 Å². The highest BCUT2D eigenvalue weighted by atomic mass is 19.1.